The Hall–Kier alpha value is -3.61. The lowest BCUT2D eigenvalue weighted by Crippen LogP contribution is -1.99. The second kappa shape index (κ2) is 11.2. The number of benzene rings is 2. The zero-order valence-electron chi connectivity index (χ0n) is 18.7. The van der Waals surface area contributed by atoms with Gasteiger partial charge in [0.25, 0.3) is 0 Å². The molecule has 4 nitrogen and oxygen atoms in total. The predicted molar refractivity (Wildman–Crippen MR) is 143 cm³/mol. The van der Waals surface area contributed by atoms with Crippen LogP contribution in [-0.2, 0) is 20.8 Å². The molecule has 0 saturated carbocycles. The standard InChI is InChI=1S/C27H20O2S3.CO2/c1-17-14-23(18-8-4-2-5-9-18)31-26(17)21-12-13-22(30-21)27-20(16-25(28)29)15-24(32-27)19-10-6-3-7-11-19;2-1-3/h2-15H,16H2,1H3,(H,28,29);. The first kappa shape index (κ1) is 24.5. The molecule has 2 aromatic carbocycles. The lowest BCUT2D eigenvalue weighted by atomic mass is 10.1. The van der Waals surface area contributed by atoms with Crippen molar-refractivity contribution >= 4 is 46.1 Å². The van der Waals surface area contributed by atoms with Gasteiger partial charge in [-0.15, -0.1) is 34.0 Å². The average molecular weight is 517 g/mol. The maximum atomic E-state index is 11.5. The van der Waals surface area contributed by atoms with Crippen molar-refractivity contribution in [3.8, 4) is 40.4 Å². The molecule has 5 rings (SSSR count). The SMILES string of the molecule is Cc1cc(-c2ccccc2)sc1-c1ccc(-c2sc(-c3ccccc3)cc2CC(=O)O)s1.O=C=O. The molecule has 0 atom stereocenters. The van der Waals surface area contributed by atoms with Gasteiger partial charge in [-0.2, -0.15) is 9.59 Å². The third-order valence-corrected chi connectivity index (χ3v) is 9.20. The lowest BCUT2D eigenvalue weighted by Gasteiger charge is -1.98. The Labute approximate surface area is 214 Å². The quantitative estimate of drug-likeness (QED) is 0.249. The zero-order valence-corrected chi connectivity index (χ0v) is 21.1. The van der Waals surface area contributed by atoms with Crippen LogP contribution in [0.2, 0.25) is 0 Å². The third kappa shape index (κ3) is 5.73. The molecule has 3 heterocycles. The maximum Gasteiger partial charge on any atom is 0.373 e. The summed E-state index contributed by atoms with van der Waals surface area (Å²) in [4.78, 5) is 34.8. The Balaban J connectivity index is 0.000000917. The Bertz CT molecular complexity index is 1470. The highest BCUT2D eigenvalue weighted by atomic mass is 32.1. The van der Waals surface area contributed by atoms with Crippen LogP contribution in [0.4, 0.5) is 0 Å². The zero-order chi connectivity index (χ0) is 24.8. The normalized spacial score (nSPS) is 10.3. The Morgan fingerprint density at radius 2 is 1.20 bits per heavy atom. The molecule has 0 amide bonds. The third-order valence-electron chi connectivity index (χ3n) is 5.24. The van der Waals surface area contributed by atoms with Crippen LogP contribution in [0.1, 0.15) is 11.1 Å². The number of aliphatic carboxylic acids is 1. The van der Waals surface area contributed by atoms with Crippen molar-refractivity contribution in [3.63, 3.8) is 0 Å². The molecule has 1 N–H and O–H groups in total. The molecular weight excluding hydrogens is 497 g/mol. The molecule has 0 saturated heterocycles. The van der Waals surface area contributed by atoms with Crippen molar-refractivity contribution < 1.29 is 19.5 Å². The molecule has 3 aromatic heterocycles. The van der Waals surface area contributed by atoms with Crippen LogP contribution < -0.4 is 0 Å². The fraction of sp³-hybridized carbons (Fsp3) is 0.0714. The van der Waals surface area contributed by atoms with E-state index in [1.807, 2.05) is 41.7 Å². The number of thiophene rings is 3. The number of carboxylic acids is 1. The molecule has 35 heavy (non-hydrogen) atoms. The number of aryl methyl sites for hydroxylation is 1. The van der Waals surface area contributed by atoms with E-state index in [0.717, 1.165) is 25.8 Å². The van der Waals surface area contributed by atoms with Crippen LogP contribution in [0, 0.1) is 6.92 Å². The molecule has 0 aliphatic heterocycles. The van der Waals surface area contributed by atoms with Gasteiger partial charge in [0.15, 0.2) is 0 Å². The summed E-state index contributed by atoms with van der Waals surface area (Å²) in [5.74, 6) is -0.804. The van der Waals surface area contributed by atoms with E-state index in [4.69, 9.17) is 9.59 Å². The van der Waals surface area contributed by atoms with Gasteiger partial charge >= 0.3 is 12.1 Å². The number of carbonyl (C=O) groups is 1. The maximum absolute atomic E-state index is 11.5. The molecular formula is C28H20O4S3. The summed E-state index contributed by atoms with van der Waals surface area (Å²) in [5, 5.41) is 9.46. The molecule has 0 aliphatic rings. The highest BCUT2D eigenvalue weighted by Gasteiger charge is 2.18. The molecule has 0 spiro atoms. The molecule has 0 bridgehead atoms. The van der Waals surface area contributed by atoms with Gasteiger partial charge in [-0.1, -0.05) is 60.7 Å². The van der Waals surface area contributed by atoms with E-state index in [1.54, 1.807) is 22.7 Å². The summed E-state index contributed by atoms with van der Waals surface area (Å²) in [7, 11) is 0. The Morgan fingerprint density at radius 1 is 0.714 bits per heavy atom. The molecule has 0 radical (unpaired) electrons. The van der Waals surface area contributed by atoms with Gasteiger partial charge in [0.2, 0.25) is 0 Å². The lowest BCUT2D eigenvalue weighted by molar-refractivity contribution is -0.191. The molecule has 0 fully saturated rings. The van der Waals surface area contributed by atoms with E-state index < -0.39 is 5.97 Å². The number of carbonyl (C=O) groups excluding carboxylic acids is 2. The highest BCUT2D eigenvalue weighted by Crippen LogP contribution is 2.46. The molecule has 0 aliphatic carbocycles. The smallest absolute Gasteiger partial charge is 0.373 e. The van der Waals surface area contributed by atoms with E-state index in [2.05, 4.69) is 61.5 Å². The van der Waals surface area contributed by atoms with E-state index in [-0.39, 0.29) is 12.6 Å². The largest absolute Gasteiger partial charge is 0.481 e. The monoisotopic (exact) mass is 516 g/mol. The first-order chi connectivity index (χ1) is 17.0. The fourth-order valence-electron chi connectivity index (χ4n) is 3.73. The number of carboxylic acid groups (broad SMARTS) is 1. The van der Waals surface area contributed by atoms with Crippen molar-refractivity contribution in [3.05, 3.63) is 96.1 Å². The van der Waals surface area contributed by atoms with Crippen molar-refractivity contribution in [2.24, 2.45) is 0 Å². The Morgan fingerprint density at radius 3 is 1.74 bits per heavy atom. The van der Waals surface area contributed by atoms with Crippen molar-refractivity contribution in [2.45, 2.75) is 13.3 Å². The van der Waals surface area contributed by atoms with E-state index in [0.29, 0.717) is 0 Å². The summed E-state index contributed by atoms with van der Waals surface area (Å²) in [5.41, 5.74) is 4.50. The fourth-order valence-corrected chi connectivity index (χ4v) is 7.42. The van der Waals surface area contributed by atoms with Gasteiger partial charge in [0, 0.05) is 29.3 Å². The minimum Gasteiger partial charge on any atom is -0.481 e. The summed E-state index contributed by atoms with van der Waals surface area (Å²) in [6, 6.07) is 29.2. The summed E-state index contributed by atoms with van der Waals surface area (Å²) in [6.45, 7) is 2.16. The summed E-state index contributed by atoms with van der Waals surface area (Å²) in [6.07, 6.45) is 0.280. The van der Waals surface area contributed by atoms with Gasteiger partial charge in [-0.25, -0.2) is 0 Å². The molecule has 0 unspecified atom stereocenters. The van der Waals surface area contributed by atoms with Gasteiger partial charge in [0.1, 0.15) is 0 Å². The van der Waals surface area contributed by atoms with Gasteiger partial charge in [0.05, 0.1) is 6.42 Å². The second-order valence-electron chi connectivity index (χ2n) is 7.64. The first-order valence-electron chi connectivity index (χ1n) is 10.7. The highest BCUT2D eigenvalue weighted by molar-refractivity contribution is 7.28. The van der Waals surface area contributed by atoms with E-state index >= 15 is 0 Å². The second-order valence-corrected chi connectivity index (χ2v) is 10.8. The molecule has 5 aromatic rings. The van der Waals surface area contributed by atoms with Crippen LogP contribution in [-0.4, -0.2) is 17.2 Å². The van der Waals surface area contributed by atoms with E-state index in [9.17, 15) is 9.90 Å². The van der Waals surface area contributed by atoms with Crippen LogP contribution in [0.5, 0.6) is 0 Å². The van der Waals surface area contributed by atoms with Crippen molar-refractivity contribution in [2.75, 3.05) is 0 Å². The minimum absolute atomic E-state index is 0.0298. The van der Waals surface area contributed by atoms with Gasteiger partial charge < -0.3 is 5.11 Å². The summed E-state index contributed by atoms with van der Waals surface area (Å²) < 4.78 is 0. The number of rotatable bonds is 6. The van der Waals surface area contributed by atoms with Crippen LogP contribution in [0.25, 0.3) is 40.4 Å². The van der Waals surface area contributed by atoms with Crippen molar-refractivity contribution in [1.29, 1.82) is 0 Å². The molecule has 7 heteroatoms. The average Bonchev–Trinajstić information content (AvgIpc) is 3.59. The van der Waals surface area contributed by atoms with Crippen LogP contribution in [0.15, 0.2) is 84.9 Å². The van der Waals surface area contributed by atoms with Gasteiger partial charge in [-0.3, -0.25) is 4.79 Å². The van der Waals surface area contributed by atoms with Crippen LogP contribution in [0.3, 0.4) is 0 Å². The van der Waals surface area contributed by atoms with E-state index in [1.165, 1.54) is 25.8 Å². The Kier molecular flexibility index (Phi) is 7.85. The predicted octanol–water partition coefficient (Wildman–Crippen LogP) is 7.89. The first-order valence-corrected chi connectivity index (χ1v) is 13.1. The minimum atomic E-state index is -0.804. The van der Waals surface area contributed by atoms with Crippen LogP contribution >= 0.6 is 34.0 Å². The topological polar surface area (TPSA) is 71.4 Å². The molecule has 174 valence electrons. The number of hydrogen-bond acceptors (Lipinski definition) is 6. The summed E-state index contributed by atoms with van der Waals surface area (Å²) >= 11 is 5.22. The van der Waals surface area contributed by atoms with Crippen molar-refractivity contribution in [1.82, 2.24) is 0 Å². The van der Waals surface area contributed by atoms with Gasteiger partial charge in [-0.05, 0) is 53.4 Å². The number of hydrogen-bond donors (Lipinski definition) is 1.